The molecule has 2 saturated heterocycles. The lowest BCUT2D eigenvalue weighted by molar-refractivity contribution is -0.185. The average Bonchev–Trinajstić information content (AvgIpc) is 2.48. The Kier molecular flexibility index (Phi) is 4.01. The molecule has 1 aliphatic carbocycles. The van der Waals surface area contributed by atoms with Crippen LogP contribution in [-0.4, -0.2) is 50.1 Å². The van der Waals surface area contributed by atoms with Gasteiger partial charge in [0.2, 0.25) is 5.91 Å². The molecule has 0 aromatic carbocycles. The highest BCUT2D eigenvalue weighted by atomic mass is 16.5. The van der Waals surface area contributed by atoms with Crippen LogP contribution in [0, 0.1) is 23.7 Å². The van der Waals surface area contributed by atoms with Gasteiger partial charge in [0, 0.05) is 13.1 Å². The largest absolute Gasteiger partial charge is 0.469 e. The first-order valence-electron chi connectivity index (χ1n) is 6.90. The number of carbonyl (C=O) groups excluding carboxylic acids is 3. The summed E-state index contributed by atoms with van der Waals surface area (Å²) in [6.45, 7) is 2.03. The summed E-state index contributed by atoms with van der Waals surface area (Å²) < 4.78 is 9.66. The topological polar surface area (TPSA) is 72.9 Å². The molecule has 0 radical (unpaired) electrons. The standard InChI is InChI=1S/C14H21NO5/c1-5-7-6-8-9(13(17)19-3)10(14(18)20-4)11(7)15(2)12(8)16/h7-11H,5-6H2,1-4H3/t7-,8-,9+,10+,11-/m1/s1. The number of hydrogen-bond acceptors (Lipinski definition) is 5. The molecule has 2 aliphatic heterocycles. The molecular weight excluding hydrogens is 262 g/mol. The minimum Gasteiger partial charge on any atom is -0.469 e. The van der Waals surface area contributed by atoms with Crippen molar-refractivity contribution >= 4 is 17.8 Å². The molecule has 0 aromatic heterocycles. The minimum atomic E-state index is -0.719. The summed E-state index contributed by atoms with van der Waals surface area (Å²) >= 11 is 0. The molecule has 0 spiro atoms. The van der Waals surface area contributed by atoms with Crippen molar-refractivity contribution in [1.29, 1.82) is 0 Å². The first kappa shape index (κ1) is 14.8. The van der Waals surface area contributed by atoms with Crippen LogP contribution in [0.1, 0.15) is 19.8 Å². The molecule has 3 fully saturated rings. The van der Waals surface area contributed by atoms with Gasteiger partial charge in [0.05, 0.1) is 32.0 Å². The molecule has 1 saturated carbocycles. The minimum absolute atomic E-state index is 0.0738. The van der Waals surface area contributed by atoms with E-state index in [9.17, 15) is 14.4 Å². The quantitative estimate of drug-likeness (QED) is 0.703. The highest BCUT2D eigenvalue weighted by Gasteiger charge is 2.60. The van der Waals surface area contributed by atoms with Gasteiger partial charge in [-0.2, -0.15) is 0 Å². The highest BCUT2D eigenvalue weighted by Crippen LogP contribution is 2.48. The zero-order valence-electron chi connectivity index (χ0n) is 12.3. The molecule has 1 amide bonds. The summed E-state index contributed by atoms with van der Waals surface area (Å²) in [5, 5.41) is 0. The molecule has 6 heteroatoms. The number of ether oxygens (including phenoxy) is 2. The van der Waals surface area contributed by atoms with Gasteiger partial charge >= 0.3 is 11.9 Å². The van der Waals surface area contributed by atoms with E-state index in [0.29, 0.717) is 6.42 Å². The maximum absolute atomic E-state index is 12.3. The molecule has 6 nitrogen and oxygen atoms in total. The molecule has 2 bridgehead atoms. The fraction of sp³-hybridized carbons (Fsp3) is 0.786. The molecule has 5 atom stereocenters. The van der Waals surface area contributed by atoms with Gasteiger partial charge in [-0.25, -0.2) is 0 Å². The summed E-state index contributed by atoms with van der Waals surface area (Å²) in [6, 6.07) is -0.283. The van der Waals surface area contributed by atoms with Gasteiger partial charge in [-0.15, -0.1) is 0 Å². The normalized spacial score (nSPS) is 35.9. The first-order valence-corrected chi connectivity index (χ1v) is 6.90. The van der Waals surface area contributed by atoms with Crippen LogP contribution in [-0.2, 0) is 23.9 Å². The highest BCUT2D eigenvalue weighted by molar-refractivity contribution is 5.93. The van der Waals surface area contributed by atoms with Crippen molar-refractivity contribution in [3.8, 4) is 0 Å². The van der Waals surface area contributed by atoms with Gasteiger partial charge in [0.15, 0.2) is 0 Å². The number of nitrogens with zero attached hydrogens (tertiary/aromatic N) is 1. The number of fused-ring (bicyclic) bond motifs is 3. The summed E-state index contributed by atoms with van der Waals surface area (Å²) in [7, 11) is 4.29. The number of methoxy groups -OCH3 is 2. The molecular formula is C14H21NO5. The van der Waals surface area contributed by atoms with Gasteiger partial charge in [-0.1, -0.05) is 13.3 Å². The monoisotopic (exact) mass is 283 g/mol. The Morgan fingerprint density at radius 2 is 1.75 bits per heavy atom. The molecule has 3 rings (SSSR count). The molecule has 3 aliphatic rings. The number of amides is 1. The van der Waals surface area contributed by atoms with Gasteiger partial charge in [-0.05, 0) is 12.3 Å². The van der Waals surface area contributed by atoms with Crippen molar-refractivity contribution < 1.29 is 23.9 Å². The lowest BCUT2D eigenvalue weighted by Crippen LogP contribution is -2.66. The van der Waals surface area contributed by atoms with Crippen LogP contribution in [0.5, 0.6) is 0 Å². The smallest absolute Gasteiger partial charge is 0.311 e. The Morgan fingerprint density at radius 1 is 1.20 bits per heavy atom. The van der Waals surface area contributed by atoms with Crippen LogP contribution in [0.3, 0.4) is 0 Å². The third-order valence-electron chi connectivity index (χ3n) is 4.81. The number of esters is 2. The van der Waals surface area contributed by atoms with Crippen molar-refractivity contribution in [2.24, 2.45) is 23.7 Å². The summed E-state index contributed by atoms with van der Waals surface area (Å²) in [5.41, 5.74) is 0. The average molecular weight is 283 g/mol. The lowest BCUT2D eigenvalue weighted by atomic mass is 9.60. The van der Waals surface area contributed by atoms with Crippen molar-refractivity contribution in [2.75, 3.05) is 21.3 Å². The second kappa shape index (κ2) is 5.42. The Bertz CT molecular complexity index is 435. The number of piperidine rings is 2. The third-order valence-corrected chi connectivity index (χ3v) is 4.81. The SMILES string of the molecule is CC[C@@H]1C[C@H]2C(=O)N(C)[C@H]1[C@@H](C(=O)OC)[C@H]2C(=O)OC. The molecule has 0 aromatic rings. The first-order chi connectivity index (χ1) is 9.47. The molecule has 2 heterocycles. The number of hydrogen-bond donors (Lipinski definition) is 0. The zero-order valence-corrected chi connectivity index (χ0v) is 12.3. The second-order valence-corrected chi connectivity index (χ2v) is 5.55. The van der Waals surface area contributed by atoms with E-state index < -0.39 is 29.7 Å². The van der Waals surface area contributed by atoms with Crippen LogP contribution in [0.15, 0.2) is 0 Å². The van der Waals surface area contributed by atoms with Crippen LogP contribution >= 0.6 is 0 Å². The van der Waals surface area contributed by atoms with Gasteiger partial charge in [0.1, 0.15) is 0 Å². The Balaban J connectivity index is 2.45. The Hall–Kier alpha value is -1.59. The van der Waals surface area contributed by atoms with Crippen molar-refractivity contribution in [3.05, 3.63) is 0 Å². The predicted octanol–water partition coefficient (Wildman–Crippen LogP) is 0.452. The van der Waals surface area contributed by atoms with Crippen LogP contribution in [0.4, 0.5) is 0 Å². The predicted molar refractivity (Wildman–Crippen MR) is 69.5 cm³/mol. The maximum Gasteiger partial charge on any atom is 0.311 e. The molecule has 20 heavy (non-hydrogen) atoms. The maximum atomic E-state index is 12.3. The second-order valence-electron chi connectivity index (χ2n) is 5.55. The van der Waals surface area contributed by atoms with Crippen LogP contribution in [0.25, 0.3) is 0 Å². The Labute approximate surface area is 118 Å². The van der Waals surface area contributed by atoms with Crippen molar-refractivity contribution in [3.63, 3.8) is 0 Å². The lowest BCUT2D eigenvalue weighted by Gasteiger charge is -2.53. The van der Waals surface area contributed by atoms with E-state index in [-0.39, 0.29) is 17.9 Å². The Morgan fingerprint density at radius 3 is 2.25 bits per heavy atom. The number of carbonyl (C=O) groups is 3. The summed E-state index contributed by atoms with van der Waals surface area (Å²) in [5.74, 6) is -2.61. The molecule has 112 valence electrons. The van der Waals surface area contributed by atoms with Gasteiger partial charge < -0.3 is 14.4 Å². The summed E-state index contributed by atoms with van der Waals surface area (Å²) in [6.07, 6.45) is 1.50. The van der Waals surface area contributed by atoms with E-state index in [0.717, 1.165) is 6.42 Å². The molecule has 0 unspecified atom stereocenters. The van der Waals surface area contributed by atoms with Crippen molar-refractivity contribution in [1.82, 2.24) is 4.90 Å². The number of rotatable bonds is 3. The van der Waals surface area contributed by atoms with E-state index in [4.69, 9.17) is 9.47 Å². The van der Waals surface area contributed by atoms with Crippen molar-refractivity contribution in [2.45, 2.75) is 25.8 Å². The van der Waals surface area contributed by atoms with Crippen LogP contribution < -0.4 is 0 Å². The van der Waals surface area contributed by atoms with E-state index in [1.165, 1.54) is 14.2 Å². The van der Waals surface area contributed by atoms with E-state index in [2.05, 4.69) is 0 Å². The van der Waals surface area contributed by atoms with E-state index in [1.807, 2.05) is 6.92 Å². The zero-order chi connectivity index (χ0) is 15.0. The summed E-state index contributed by atoms with van der Waals surface area (Å²) in [4.78, 5) is 38.1. The van der Waals surface area contributed by atoms with Gasteiger partial charge in [0.25, 0.3) is 0 Å². The van der Waals surface area contributed by atoms with E-state index >= 15 is 0 Å². The fourth-order valence-corrected chi connectivity index (χ4v) is 3.87. The molecule has 0 N–H and O–H groups in total. The fourth-order valence-electron chi connectivity index (χ4n) is 3.87. The van der Waals surface area contributed by atoms with Crippen LogP contribution in [0.2, 0.25) is 0 Å². The van der Waals surface area contributed by atoms with Gasteiger partial charge in [-0.3, -0.25) is 14.4 Å². The van der Waals surface area contributed by atoms with E-state index in [1.54, 1.807) is 11.9 Å². The third kappa shape index (κ3) is 1.98.